The average molecular weight is 391 g/mol. The van der Waals surface area contributed by atoms with Crippen molar-refractivity contribution in [3.05, 3.63) is 58.5 Å². The van der Waals surface area contributed by atoms with Crippen molar-refractivity contribution in [1.29, 1.82) is 0 Å². The number of nitrogens with zero attached hydrogens (tertiary/aromatic N) is 1. The van der Waals surface area contributed by atoms with E-state index in [2.05, 4.69) is 21.2 Å². The van der Waals surface area contributed by atoms with Crippen LogP contribution in [0.2, 0.25) is 0 Å². The number of hydrogen-bond donors (Lipinski definition) is 1. The van der Waals surface area contributed by atoms with E-state index in [4.69, 9.17) is 4.42 Å². The molecule has 126 valence electrons. The SMILES string of the molecule is O=C(NCc1cccc(Br)c1)C1CCN(C(=O)c2ccoc2)CC1. The maximum atomic E-state index is 12.3. The van der Waals surface area contributed by atoms with Crippen LogP contribution < -0.4 is 5.32 Å². The van der Waals surface area contributed by atoms with Crippen LogP contribution in [0.25, 0.3) is 0 Å². The van der Waals surface area contributed by atoms with Crippen LogP contribution in [0.4, 0.5) is 0 Å². The van der Waals surface area contributed by atoms with Crippen LogP contribution >= 0.6 is 15.9 Å². The topological polar surface area (TPSA) is 62.6 Å². The Balaban J connectivity index is 1.47. The van der Waals surface area contributed by atoms with E-state index in [0.717, 1.165) is 10.0 Å². The molecule has 24 heavy (non-hydrogen) atoms. The molecule has 0 radical (unpaired) electrons. The number of amides is 2. The first-order valence-electron chi connectivity index (χ1n) is 7.97. The molecule has 1 aromatic carbocycles. The number of carbonyl (C=O) groups is 2. The largest absolute Gasteiger partial charge is 0.472 e. The number of likely N-dealkylation sites (tertiary alicyclic amines) is 1. The van der Waals surface area contributed by atoms with Crippen molar-refractivity contribution in [2.75, 3.05) is 13.1 Å². The van der Waals surface area contributed by atoms with E-state index in [1.54, 1.807) is 11.0 Å². The number of halogens is 1. The normalized spacial score (nSPS) is 15.3. The van der Waals surface area contributed by atoms with Gasteiger partial charge in [-0.2, -0.15) is 0 Å². The lowest BCUT2D eigenvalue weighted by Gasteiger charge is -2.31. The van der Waals surface area contributed by atoms with Gasteiger partial charge in [0.1, 0.15) is 6.26 Å². The van der Waals surface area contributed by atoms with Gasteiger partial charge in [-0.05, 0) is 36.6 Å². The molecule has 6 heteroatoms. The molecule has 0 bridgehead atoms. The lowest BCUT2D eigenvalue weighted by Crippen LogP contribution is -2.42. The number of rotatable bonds is 4. The van der Waals surface area contributed by atoms with E-state index in [1.807, 2.05) is 24.3 Å². The highest BCUT2D eigenvalue weighted by Gasteiger charge is 2.27. The van der Waals surface area contributed by atoms with Crippen LogP contribution in [0.1, 0.15) is 28.8 Å². The van der Waals surface area contributed by atoms with Gasteiger partial charge in [-0.15, -0.1) is 0 Å². The second-order valence-corrected chi connectivity index (χ2v) is 6.84. The molecule has 2 heterocycles. The first-order valence-corrected chi connectivity index (χ1v) is 8.76. The maximum Gasteiger partial charge on any atom is 0.257 e. The highest BCUT2D eigenvalue weighted by molar-refractivity contribution is 9.10. The van der Waals surface area contributed by atoms with Crippen LogP contribution in [0.15, 0.2) is 51.7 Å². The molecule has 2 amide bonds. The van der Waals surface area contributed by atoms with E-state index < -0.39 is 0 Å². The van der Waals surface area contributed by atoms with Crippen LogP contribution in [0.3, 0.4) is 0 Å². The summed E-state index contributed by atoms with van der Waals surface area (Å²) in [6, 6.07) is 9.55. The smallest absolute Gasteiger partial charge is 0.257 e. The molecule has 1 aliphatic heterocycles. The second kappa shape index (κ2) is 7.66. The van der Waals surface area contributed by atoms with Crippen molar-refractivity contribution in [1.82, 2.24) is 10.2 Å². The lowest BCUT2D eigenvalue weighted by atomic mass is 9.95. The molecular weight excluding hydrogens is 372 g/mol. The van der Waals surface area contributed by atoms with E-state index >= 15 is 0 Å². The Morgan fingerprint density at radius 1 is 1.25 bits per heavy atom. The van der Waals surface area contributed by atoms with Crippen molar-refractivity contribution in [2.45, 2.75) is 19.4 Å². The minimum atomic E-state index is -0.0365. The molecule has 2 aromatic rings. The zero-order valence-corrected chi connectivity index (χ0v) is 14.8. The summed E-state index contributed by atoms with van der Waals surface area (Å²) < 4.78 is 5.95. The molecule has 0 aliphatic carbocycles. The van der Waals surface area contributed by atoms with Crippen molar-refractivity contribution in [3.8, 4) is 0 Å². The Hall–Kier alpha value is -2.08. The Kier molecular flexibility index (Phi) is 5.35. The zero-order valence-electron chi connectivity index (χ0n) is 13.2. The van der Waals surface area contributed by atoms with Crippen LogP contribution in [0, 0.1) is 5.92 Å². The molecule has 3 rings (SSSR count). The van der Waals surface area contributed by atoms with Crippen molar-refractivity contribution in [3.63, 3.8) is 0 Å². The van der Waals surface area contributed by atoms with Gasteiger partial charge in [0.05, 0.1) is 11.8 Å². The highest BCUT2D eigenvalue weighted by atomic mass is 79.9. The quantitative estimate of drug-likeness (QED) is 0.871. The fourth-order valence-electron chi connectivity index (χ4n) is 2.89. The molecule has 1 aliphatic rings. The second-order valence-electron chi connectivity index (χ2n) is 5.93. The molecular formula is C18H19BrN2O3. The number of benzene rings is 1. The predicted molar refractivity (Wildman–Crippen MR) is 93.3 cm³/mol. The standard InChI is InChI=1S/C18H19BrN2O3/c19-16-3-1-2-13(10-16)11-20-17(22)14-4-7-21(8-5-14)18(23)15-6-9-24-12-15/h1-3,6,9-10,12,14H,4-5,7-8,11H2,(H,20,22). The fourth-order valence-corrected chi connectivity index (χ4v) is 3.34. The third kappa shape index (κ3) is 4.06. The monoisotopic (exact) mass is 390 g/mol. The number of piperidine rings is 1. The van der Waals surface area contributed by atoms with Gasteiger partial charge in [-0.25, -0.2) is 0 Å². The van der Waals surface area contributed by atoms with Crippen molar-refractivity contribution >= 4 is 27.7 Å². The van der Waals surface area contributed by atoms with Gasteiger partial charge in [-0.1, -0.05) is 28.1 Å². The molecule has 1 saturated heterocycles. The summed E-state index contributed by atoms with van der Waals surface area (Å²) in [5.74, 6) is -0.00678. The number of hydrogen-bond acceptors (Lipinski definition) is 3. The summed E-state index contributed by atoms with van der Waals surface area (Å²) in [6.45, 7) is 1.71. The van der Waals surface area contributed by atoms with Gasteiger partial charge in [0.15, 0.2) is 0 Å². The zero-order chi connectivity index (χ0) is 16.9. The molecule has 0 saturated carbocycles. The molecule has 1 fully saturated rings. The van der Waals surface area contributed by atoms with Gasteiger partial charge in [-0.3, -0.25) is 9.59 Å². The third-order valence-corrected chi connectivity index (χ3v) is 4.77. The minimum Gasteiger partial charge on any atom is -0.472 e. The van der Waals surface area contributed by atoms with Crippen molar-refractivity contribution in [2.24, 2.45) is 5.92 Å². The summed E-state index contributed by atoms with van der Waals surface area (Å²) in [5.41, 5.74) is 1.62. The van der Waals surface area contributed by atoms with Crippen LogP contribution in [-0.4, -0.2) is 29.8 Å². The molecule has 0 atom stereocenters. The van der Waals surface area contributed by atoms with E-state index in [-0.39, 0.29) is 17.7 Å². The van der Waals surface area contributed by atoms with Gasteiger partial charge < -0.3 is 14.6 Å². The highest BCUT2D eigenvalue weighted by Crippen LogP contribution is 2.20. The summed E-state index contributed by atoms with van der Waals surface area (Å²) >= 11 is 3.43. The molecule has 0 unspecified atom stereocenters. The van der Waals surface area contributed by atoms with Gasteiger partial charge in [0.2, 0.25) is 5.91 Å². The number of furan rings is 1. The predicted octanol–water partition coefficient (Wildman–Crippen LogP) is 3.21. The van der Waals surface area contributed by atoms with Gasteiger partial charge in [0.25, 0.3) is 5.91 Å². The van der Waals surface area contributed by atoms with E-state index in [0.29, 0.717) is 38.0 Å². The Bertz CT molecular complexity index is 707. The van der Waals surface area contributed by atoms with Gasteiger partial charge >= 0.3 is 0 Å². The number of nitrogens with one attached hydrogen (secondary N) is 1. The number of carbonyl (C=O) groups excluding carboxylic acids is 2. The molecule has 0 spiro atoms. The summed E-state index contributed by atoms with van der Waals surface area (Å²) in [7, 11) is 0. The minimum absolute atomic E-state index is 0.0308. The average Bonchev–Trinajstić information content (AvgIpc) is 3.14. The Labute approximate surface area is 149 Å². The van der Waals surface area contributed by atoms with E-state index in [9.17, 15) is 9.59 Å². The molecule has 1 aromatic heterocycles. The first-order chi connectivity index (χ1) is 11.6. The van der Waals surface area contributed by atoms with E-state index in [1.165, 1.54) is 12.5 Å². The maximum absolute atomic E-state index is 12.3. The summed E-state index contributed by atoms with van der Waals surface area (Å²) in [5, 5.41) is 2.99. The first kappa shape index (κ1) is 16.8. The van der Waals surface area contributed by atoms with Gasteiger partial charge in [0, 0.05) is 30.0 Å². The third-order valence-electron chi connectivity index (χ3n) is 4.28. The Morgan fingerprint density at radius 2 is 2.04 bits per heavy atom. The Morgan fingerprint density at radius 3 is 2.71 bits per heavy atom. The van der Waals surface area contributed by atoms with Crippen molar-refractivity contribution < 1.29 is 14.0 Å². The fraction of sp³-hybridized carbons (Fsp3) is 0.333. The molecule has 1 N–H and O–H groups in total. The lowest BCUT2D eigenvalue weighted by molar-refractivity contribution is -0.126. The summed E-state index contributed by atoms with van der Waals surface area (Å²) in [6.07, 6.45) is 4.33. The summed E-state index contributed by atoms with van der Waals surface area (Å²) in [4.78, 5) is 26.3. The van der Waals surface area contributed by atoms with Crippen LogP contribution in [-0.2, 0) is 11.3 Å². The molecule has 5 nitrogen and oxygen atoms in total. The van der Waals surface area contributed by atoms with Crippen LogP contribution in [0.5, 0.6) is 0 Å².